The highest BCUT2D eigenvalue weighted by Crippen LogP contribution is 2.37. The molecule has 1 N–H and O–H groups in total. The fraction of sp³-hybridized carbons (Fsp3) is 0.385. The van der Waals surface area contributed by atoms with Gasteiger partial charge >= 0.3 is 0 Å². The summed E-state index contributed by atoms with van der Waals surface area (Å²) in [5, 5.41) is 10.3. The van der Waals surface area contributed by atoms with Gasteiger partial charge in [-0.1, -0.05) is 19.2 Å². The summed E-state index contributed by atoms with van der Waals surface area (Å²) in [5.74, 6) is 1.32. The van der Waals surface area contributed by atoms with Gasteiger partial charge in [0.1, 0.15) is 5.76 Å². The lowest BCUT2D eigenvalue weighted by Crippen LogP contribution is -2.38. The molecule has 3 aromatic rings. The number of aliphatic hydroxyl groups excluding tert-OH is 1. The number of carbonyl (C=O) groups is 1. The third-order valence-electron chi connectivity index (χ3n) is 6.82. The first-order valence-corrected chi connectivity index (χ1v) is 11.5. The zero-order chi connectivity index (χ0) is 23.3. The van der Waals surface area contributed by atoms with E-state index in [1.165, 1.54) is 12.8 Å². The molecule has 1 aromatic carbocycles. The molecule has 0 unspecified atom stereocenters. The highest BCUT2D eigenvalue weighted by molar-refractivity contribution is 6.00. The summed E-state index contributed by atoms with van der Waals surface area (Å²) in [6.07, 6.45) is 5.19. The van der Waals surface area contributed by atoms with Crippen molar-refractivity contribution >= 4 is 28.8 Å². The molecule has 1 aliphatic carbocycles. The molecule has 2 aliphatic rings. The van der Waals surface area contributed by atoms with Crippen molar-refractivity contribution in [1.29, 1.82) is 0 Å². The molecule has 1 amide bonds. The number of aliphatic hydroxyl groups is 1. The summed E-state index contributed by atoms with van der Waals surface area (Å²) in [7, 11) is 1.98. The number of rotatable bonds is 8. The molecule has 0 bridgehead atoms. The van der Waals surface area contributed by atoms with Crippen LogP contribution in [0.3, 0.4) is 0 Å². The lowest BCUT2D eigenvalue weighted by molar-refractivity contribution is 0.0735. The lowest BCUT2D eigenvalue weighted by Gasteiger charge is -2.28. The second-order valence-corrected chi connectivity index (χ2v) is 9.12. The first-order chi connectivity index (χ1) is 15.9. The van der Waals surface area contributed by atoms with Crippen molar-refractivity contribution in [2.75, 3.05) is 19.8 Å². The lowest BCUT2D eigenvalue weighted by atomic mass is 9.98. The summed E-state index contributed by atoms with van der Waals surface area (Å²) in [6, 6.07) is 5.92. The van der Waals surface area contributed by atoms with Crippen LogP contribution in [-0.2, 0) is 20.0 Å². The number of amides is 1. The average molecular weight is 449 g/mol. The summed E-state index contributed by atoms with van der Waals surface area (Å²) < 4.78 is 16.8. The van der Waals surface area contributed by atoms with Crippen LogP contribution >= 0.6 is 0 Å². The normalized spacial score (nSPS) is 15.8. The van der Waals surface area contributed by atoms with Crippen molar-refractivity contribution in [3.05, 3.63) is 53.7 Å². The fourth-order valence-electron chi connectivity index (χ4n) is 4.89. The predicted octanol–water partition coefficient (Wildman–Crippen LogP) is 4.98. The Labute approximate surface area is 192 Å². The van der Waals surface area contributed by atoms with Crippen molar-refractivity contribution in [2.45, 2.75) is 32.2 Å². The van der Waals surface area contributed by atoms with E-state index >= 15 is 0 Å². The quantitative estimate of drug-likeness (QED) is 0.494. The van der Waals surface area contributed by atoms with E-state index < -0.39 is 6.67 Å². The number of imidazole rings is 1. The van der Waals surface area contributed by atoms with E-state index in [9.17, 15) is 14.3 Å². The summed E-state index contributed by atoms with van der Waals surface area (Å²) >= 11 is 0. The first-order valence-electron chi connectivity index (χ1n) is 11.5. The highest BCUT2D eigenvalue weighted by Gasteiger charge is 2.29. The molecule has 0 atom stereocenters. The molecule has 0 saturated heterocycles. The molecule has 2 aromatic heterocycles. The summed E-state index contributed by atoms with van der Waals surface area (Å²) in [6.45, 7) is 9.11. The van der Waals surface area contributed by atoms with Crippen LogP contribution < -0.4 is 0 Å². The SMILES string of the molecule is C=Cc1cc(-c2nc3cc4c(cc3n2C)CCN(CCCF)C4=O)n(CC2CC2)c1C(=C)O. The standard InChI is InChI=1S/C26H29FN4O2/c1-4-18-12-23(31(15-17-6-7-17)24(18)16(2)32)25-28-21-14-20-19(13-22(21)29(25)3)8-11-30(26(20)33)10-5-9-27/h4,12-14,17,32H,1-2,5-11,15H2,3H3. The van der Waals surface area contributed by atoms with Gasteiger partial charge in [0.2, 0.25) is 0 Å². The van der Waals surface area contributed by atoms with Crippen molar-refractivity contribution in [3.8, 4) is 11.5 Å². The van der Waals surface area contributed by atoms with Gasteiger partial charge in [0.05, 0.1) is 29.1 Å². The second kappa shape index (κ2) is 8.21. The number of hydrogen-bond donors (Lipinski definition) is 1. The minimum absolute atomic E-state index is 0.0185. The number of carbonyl (C=O) groups excluding carboxylic acids is 1. The van der Waals surface area contributed by atoms with Crippen LogP contribution in [0.1, 0.15) is 46.4 Å². The second-order valence-electron chi connectivity index (χ2n) is 9.12. The fourth-order valence-corrected chi connectivity index (χ4v) is 4.89. The van der Waals surface area contributed by atoms with Gasteiger partial charge in [-0.2, -0.15) is 0 Å². The van der Waals surface area contributed by atoms with Gasteiger partial charge in [0.15, 0.2) is 5.82 Å². The van der Waals surface area contributed by atoms with Crippen LogP contribution in [0.25, 0.3) is 34.4 Å². The van der Waals surface area contributed by atoms with E-state index in [1.807, 2.05) is 23.7 Å². The summed E-state index contributed by atoms with van der Waals surface area (Å²) in [5.41, 5.74) is 5.76. The third kappa shape index (κ3) is 3.65. The number of nitrogens with zero attached hydrogens (tertiary/aromatic N) is 4. The molecule has 5 rings (SSSR count). The smallest absolute Gasteiger partial charge is 0.254 e. The van der Waals surface area contributed by atoms with Crippen molar-refractivity contribution < 1.29 is 14.3 Å². The molecule has 1 fully saturated rings. The topological polar surface area (TPSA) is 63.3 Å². The Morgan fingerprint density at radius 3 is 2.79 bits per heavy atom. The monoisotopic (exact) mass is 448 g/mol. The van der Waals surface area contributed by atoms with E-state index in [0.717, 1.165) is 46.6 Å². The van der Waals surface area contributed by atoms with Gasteiger partial charge in [0, 0.05) is 37.8 Å². The van der Waals surface area contributed by atoms with Gasteiger partial charge in [-0.05, 0) is 55.4 Å². The molecule has 0 spiro atoms. The van der Waals surface area contributed by atoms with Crippen molar-refractivity contribution in [3.63, 3.8) is 0 Å². The molecule has 1 aliphatic heterocycles. The maximum Gasteiger partial charge on any atom is 0.254 e. The Morgan fingerprint density at radius 1 is 1.33 bits per heavy atom. The number of alkyl halides is 1. The Bertz CT molecular complexity index is 1280. The van der Waals surface area contributed by atoms with Gasteiger partial charge < -0.3 is 19.1 Å². The third-order valence-corrected chi connectivity index (χ3v) is 6.82. The molecular formula is C26H29FN4O2. The van der Waals surface area contributed by atoms with E-state index in [1.54, 1.807) is 11.0 Å². The Kier molecular flexibility index (Phi) is 5.35. The number of halogens is 1. The van der Waals surface area contributed by atoms with Crippen LogP contribution in [0.2, 0.25) is 0 Å². The molecule has 0 radical (unpaired) electrons. The van der Waals surface area contributed by atoms with Crippen LogP contribution in [0.5, 0.6) is 0 Å². The van der Waals surface area contributed by atoms with Crippen LogP contribution in [0.4, 0.5) is 4.39 Å². The minimum Gasteiger partial charge on any atom is -0.506 e. The molecule has 1 saturated carbocycles. The zero-order valence-corrected chi connectivity index (χ0v) is 19.0. The van der Waals surface area contributed by atoms with Gasteiger partial charge in [-0.25, -0.2) is 4.98 Å². The number of hydrogen-bond acceptors (Lipinski definition) is 3. The van der Waals surface area contributed by atoms with Gasteiger partial charge in [0.25, 0.3) is 5.91 Å². The van der Waals surface area contributed by atoms with Crippen molar-refractivity contribution in [2.24, 2.45) is 13.0 Å². The Balaban J connectivity index is 1.62. The van der Waals surface area contributed by atoms with Crippen LogP contribution in [-0.4, -0.2) is 49.8 Å². The molecule has 6 nitrogen and oxygen atoms in total. The Morgan fingerprint density at radius 2 is 2.12 bits per heavy atom. The maximum absolute atomic E-state index is 13.0. The number of fused-ring (bicyclic) bond motifs is 2. The van der Waals surface area contributed by atoms with E-state index in [-0.39, 0.29) is 11.7 Å². The van der Waals surface area contributed by atoms with E-state index in [2.05, 4.69) is 23.8 Å². The van der Waals surface area contributed by atoms with Crippen LogP contribution in [0, 0.1) is 5.92 Å². The molecule has 7 heteroatoms. The van der Waals surface area contributed by atoms with Crippen molar-refractivity contribution in [1.82, 2.24) is 19.0 Å². The van der Waals surface area contributed by atoms with Gasteiger partial charge in [-0.15, -0.1) is 0 Å². The molecule has 3 heterocycles. The first kappa shape index (κ1) is 21.5. The number of aryl methyl sites for hydroxylation is 1. The summed E-state index contributed by atoms with van der Waals surface area (Å²) in [4.78, 5) is 19.6. The number of aromatic nitrogens is 3. The Hall–Kier alpha value is -3.35. The maximum atomic E-state index is 13.0. The zero-order valence-electron chi connectivity index (χ0n) is 19.0. The predicted molar refractivity (Wildman–Crippen MR) is 129 cm³/mol. The minimum atomic E-state index is -0.422. The number of benzene rings is 1. The van der Waals surface area contributed by atoms with E-state index in [0.29, 0.717) is 36.7 Å². The highest BCUT2D eigenvalue weighted by atomic mass is 19.1. The largest absolute Gasteiger partial charge is 0.506 e. The van der Waals surface area contributed by atoms with Gasteiger partial charge in [-0.3, -0.25) is 9.18 Å². The van der Waals surface area contributed by atoms with Crippen LogP contribution in [0.15, 0.2) is 31.4 Å². The van der Waals surface area contributed by atoms with E-state index in [4.69, 9.17) is 4.98 Å². The molecule has 33 heavy (non-hydrogen) atoms. The molecular weight excluding hydrogens is 419 g/mol. The average Bonchev–Trinajstić information content (AvgIpc) is 3.46. The molecule has 172 valence electrons.